The maximum Gasteiger partial charge on any atom is 0.0216 e. The molecule has 0 amide bonds. The highest BCUT2D eigenvalue weighted by Gasteiger charge is 2.28. The Hall–Kier alpha value is 0.270. The number of nitrogens with one attached hydrogen (secondary N) is 1. The third-order valence-corrected chi connectivity index (χ3v) is 5.22. The van der Waals surface area contributed by atoms with E-state index >= 15 is 0 Å². The van der Waals surface area contributed by atoms with Crippen LogP contribution in [0.1, 0.15) is 26.2 Å². The highest BCUT2D eigenvalue weighted by Crippen LogP contribution is 2.30. The average Bonchev–Trinajstić information content (AvgIpc) is 2.66. The molecule has 0 aromatic carbocycles. The summed E-state index contributed by atoms with van der Waals surface area (Å²) in [6, 6.07) is 0.838. The monoisotopic (exact) mass is 228 g/mol. The first-order valence-corrected chi connectivity index (χ1v) is 7.35. The molecule has 0 saturated carbocycles. The number of hydrogen-bond donors (Lipinski definition) is 1. The van der Waals surface area contributed by atoms with Crippen molar-refractivity contribution in [2.24, 2.45) is 5.92 Å². The Bertz CT molecular complexity index is 192. The van der Waals surface area contributed by atoms with Gasteiger partial charge in [0.05, 0.1) is 0 Å². The summed E-state index contributed by atoms with van der Waals surface area (Å²) in [6.07, 6.45) is 4.14. The minimum absolute atomic E-state index is 0.838. The minimum Gasteiger partial charge on any atom is -0.317 e. The van der Waals surface area contributed by atoms with Crippen molar-refractivity contribution >= 4 is 11.8 Å². The van der Waals surface area contributed by atoms with Crippen molar-refractivity contribution in [3.8, 4) is 0 Å². The molecule has 2 unspecified atom stereocenters. The van der Waals surface area contributed by atoms with Crippen LogP contribution in [0.2, 0.25) is 0 Å². The van der Waals surface area contributed by atoms with Gasteiger partial charge in [0.25, 0.3) is 0 Å². The second-order valence-electron chi connectivity index (χ2n) is 5.06. The summed E-state index contributed by atoms with van der Waals surface area (Å²) in [5.41, 5.74) is 0. The summed E-state index contributed by atoms with van der Waals surface area (Å²) in [6.45, 7) is 6.17. The van der Waals surface area contributed by atoms with Crippen molar-refractivity contribution in [3.05, 3.63) is 0 Å². The first kappa shape index (κ1) is 11.7. The molecule has 0 aromatic rings. The number of nitrogens with zero attached hydrogens (tertiary/aromatic N) is 1. The van der Waals surface area contributed by atoms with E-state index in [1.54, 1.807) is 0 Å². The van der Waals surface area contributed by atoms with E-state index in [4.69, 9.17) is 0 Å². The van der Waals surface area contributed by atoms with Crippen molar-refractivity contribution in [2.75, 3.05) is 32.4 Å². The Balaban J connectivity index is 1.77. The van der Waals surface area contributed by atoms with Gasteiger partial charge in [-0.15, -0.1) is 0 Å². The van der Waals surface area contributed by atoms with Gasteiger partial charge in [0.2, 0.25) is 0 Å². The predicted octanol–water partition coefficient (Wildman–Crippen LogP) is 1.81. The lowest BCUT2D eigenvalue weighted by Gasteiger charge is -2.32. The Morgan fingerprint density at radius 1 is 1.27 bits per heavy atom. The van der Waals surface area contributed by atoms with Gasteiger partial charge in [-0.05, 0) is 51.1 Å². The van der Waals surface area contributed by atoms with Crippen LogP contribution in [-0.4, -0.2) is 48.6 Å². The fourth-order valence-electron chi connectivity index (χ4n) is 2.91. The third kappa shape index (κ3) is 3.11. The Morgan fingerprint density at radius 2 is 2.00 bits per heavy atom. The molecule has 1 N–H and O–H groups in total. The van der Waals surface area contributed by atoms with E-state index in [1.165, 1.54) is 44.6 Å². The lowest BCUT2D eigenvalue weighted by molar-refractivity contribution is 0.186. The number of rotatable bonds is 3. The Kier molecular flexibility index (Phi) is 4.35. The molecule has 2 saturated heterocycles. The summed E-state index contributed by atoms with van der Waals surface area (Å²) in [5, 5.41) is 4.29. The molecule has 0 aromatic heterocycles. The topological polar surface area (TPSA) is 15.3 Å². The van der Waals surface area contributed by atoms with Gasteiger partial charge in [-0.2, -0.15) is 11.8 Å². The van der Waals surface area contributed by atoms with E-state index in [1.807, 2.05) is 0 Å². The number of thioether (sulfide) groups is 1. The standard InChI is InChI=1S/C12H24N2S/c1-10-12(5-8-15-10)14(2)9-11-3-6-13-7-4-11/h10-13H,3-9H2,1-2H3. The quantitative estimate of drug-likeness (QED) is 0.793. The first-order valence-electron chi connectivity index (χ1n) is 6.30. The van der Waals surface area contributed by atoms with E-state index in [2.05, 4.69) is 35.9 Å². The van der Waals surface area contributed by atoms with E-state index in [0.717, 1.165) is 17.2 Å². The van der Waals surface area contributed by atoms with Crippen molar-refractivity contribution in [1.29, 1.82) is 0 Å². The fourth-order valence-corrected chi connectivity index (χ4v) is 4.22. The van der Waals surface area contributed by atoms with Crippen LogP contribution >= 0.6 is 11.8 Å². The van der Waals surface area contributed by atoms with Crippen LogP contribution in [0.15, 0.2) is 0 Å². The molecule has 88 valence electrons. The van der Waals surface area contributed by atoms with Crippen LogP contribution in [-0.2, 0) is 0 Å². The third-order valence-electron chi connectivity index (χ3n) is 3.91. The summed E-state index contributed by atoms with van der Waals surface area (Å²) < 4.78 is 0. The number of hydrogen-bond acceptors (Lipinski definition) is 3. The van der Waals surface area contributed by atoms with Gasteiger partial charge in [0.15, 0.2) is 0 Å². The van der Waals surface area contributed by atoms with E-state index in [0.29, 0.717) is 0 Å². The average molecular weight is 228 g/mol. The Morgan fingerprint density at radius 3 is 2.60 bits per heavy atom. The summed E-state index contributed by atoms with van der Waals surface area (Å²) in [5.74, 6) is 2.30. The van der Waals surface area contributed by atoms with Gasteiger partial charge in [-0.25, -0.2) is 0 Å². The molecule has 0 aliphatic carbocycles. The molecule has 0 bridgehead atoms. The molecule has 2 nitrogen and oxygen atoms in total. The van der Waals surface area contributed by atoms with Crippen molar-refractivity contribution < 1.29 is 0 Å². The lowest BCUT2D eigenvalue weighted by Crippen LogP contribution is -2.41. The summed E-state index contributed by atoms with van der Waals surface area (Å²) in [4.78, 5) is 2.63. The van der Waals surface area contributed by atoms with Crippen LogP contribution in [0.5, 0.6) is 0 Å². The van der Waals surface area contributed by atoms with E-state index in [9.17, 15) is 0 Å². The molecule has 2 fully saturated rings. The molecule has 0 spiro atoms. The Labute approximate surface area is 98.2 Å². The molecule has 0 radical (unpaired) electrons. The van der Waals surface area contributed by atoms with Gasteiger partial charge in [0, 0.05) is 17.8 Å². The smallest absolute Gasteiger partial charge is 0.0216 e. The zero-order valence-electron chi connectivity index (χ0n) is 10.0. The van der Waals surface area contributed by atoms with E-state index in [-0.39, 0.29) is 0 Å². The maximum absolute atomic E-state index is 3.44. The van der Waals surface area contributed by atoms with Gasteiger partial charge < -0.3 is 10.2 Å². The molecule has 2 atom stereocenters. The van der Waals surface area contributed by atoms with Gasteiger partial charge >= 0.3 is 0 Å². The van der Waals surface area contributed by atoms with Crippen LogP contribution in [0, 0.1) is 5.92 Å². The molecular weight excluding hydrogens is 204 g/mol. The largest absolute Gasteiger partial charge is 0.317 e. The van der Waals surface area contributed by atoms with Crippen LogP contribution in [0.25, 0.3) is 0 Å². The molecular formula is C12H24N2S. The molecule has 2 aliphatic heterocycles. The predicted molar refractivity (Wildman–Crippen MR) is 68.5 cm³/mol. The SMILES string of the molecule is CC1SCCC1N(C)CC1CCNCC1. The highest BCUT2D eigenvalue weighted by atomic mass is 32.2. The van der Waals surface area contributed by atoms with Crippen LogP contribution < -0.4 is 5.32 Å². The maximum atomic E-state index is 3.44. The summed E-state index contributed by atoms with van der Waals surface area (Å²) >= 11 is 2.14. The van der Waals surface area contributed by atoms with Crippen LogP contribution in [0.4, 0.5) is 0 Å². The second kappa shape index (κ2) is 5.55. The summed E-state index contributed by atoms with van der Waals surface area (Å²) in [7, 11) is 2.33. The molecule has 2 aliphatic rings. The molecule has 3 heteroatoms. The number of piperidine rings is 1. The van der Waals surface area contributed by atoms with Crippen molar-refractivity contribution in [1.82, 2.24) is 10.2 Å². The highest BCUT2D eigenvalue weighted by molar-refractivity contribution is 8.00. The molecule has 15 heavy (non-hydrogen) atoms. The second-order valence-corrected chi connectivity index (χ2v) is 6.55. The van der Waals surface area contributed by atoms with E-state index < -0.39 is 0 Å². The molecule has 2 rings (SSSR count). The zero-order chi connectivity index (χ0) is 10.7. The lowest BCUT2D eigenvalue weighted by atomic mass is 9.96. The van der Waals surface area contributed by atoms with Gasteiger partial charge in [-0.3, -0.25) is 0 Å². The van der Waals surface area contributed by atoms with Crippen LogP contribution in [0.3, 0.4) is 0 Å². The minimum atomic E-state index is 0.838. The zero-order valence-corrected chi connectivity index (χ0v) is 10.9. The normalized spacial score (nSPS) is 33.8. The van der Waals surface area contributed by atoms with Crippen molar-refractivity contribution in [3.63, 3.8) is 0 Å². The van der Waals surface area contributed by atoms with Gasteiger partial charge in [-0.1, -0.05) is 6.92 Å². The first-order chi connectivity index (χ1) is 7.27. The van der Waals surface area contributed by atoms with Gasteiger partial charge in [0.1, 0.15) is 0 Å². The van der Waals surface area contributed by atoms with Crippen molar-refractivity contribution in [2.45, 2.75) is 37.5 Å². The fraction of sp³-hybridized carbons (Fsp3) is 1.00. The molecule has 2 heterocycles.